The third-order valence-electron chi connectivity index (χ3n) is 15.5. The zero-order valence-electron chi connectivity index (χ0n) is 50.2. The van der Waals surface area contributed by atoms with Crippen LogP contribution in [0.5, 0.6) is 0 Å². The summed E-state index contributed by atoms with van der Waals surface area (Å²) in [6.07, 6.45) is 6.07. The van der Waals surface area contributed by atoms with Crippen LogP contribution in [-0.4, -0.2) is 174 Å². The minimum Gasteiger partial charge on any atom is -0.378 e. The summed E-state index contributed by atoms with van der Waals surface area (Å²) in [5.74, 6) is 6.75. The summed E-state index contributed by atoms with van der Waals surface area (Å²) in [6, 6.07) is 15.8. The fourth-order valence-corrected chi connectivity index (χ4v) is 10.8. The number of carbonyl (C=O) groups is 1. The molecule has 6 aromatic heterocycles. The molecule has 0 aliphatic carbocycles. The van der Waals surface area contributed by atoms with Crippen LogP contribution in [0, 0.1) is 13.8 Å². The lowest BCUT2D eigenvalue weighted by atomic mass is 9.94. The van der Waals surface area contributed by atoms with Gasteiger partial charge in [0, 0.05) is 120 Å². The minimum absolute atomic E-state index is 0.0308. The molecule has 12 heterocycles. The smallest absolute Gasteiger partial charge is 0.378 e. The molecule has 0 spiro atoms. The topological polar surface area (TPSA) is 234 Å². The quantitative estimate of drug-likeness (QED) is 0.0727. The van der Waals surface area contributed by atoms with Crippen LogP contribution in [0.2, 0.25) is 0 Å². The Balaban J connectivity index is 0.000000153. The molecule has 6 saturated heterocycles. The van der Waals surface area contributed by atoms with Crippen LogP contribution in [0.1, 0.15) is 111 Å². The van der Waals surface area contributed by atoms with Gasteiger partial charge in [-0.1, -0.05) is 20.8 Å². The number of morpholine rings is 3. The highest BCUT2D eigenvalue weighted by Crippen LogP contribution is 2.34. The predicted octanol–water partition coefficient (Wildman–Crippen LogP) is 8.68. The predicted molar refractivity (Wildman–Crippen MR) is 327 cm³/mol. The normalized spacial score (nSPS) is 19.2. The second-order valence-corrected chi connectivity index (χ2v) is 21.7. The van der Waals surface area contributed by atoms with Gasteiger partial charge in [0.25, 0.3) is 0 Å². The molecule has 0 saturated carbocycles. The van der Waals surface area contributed by atoms with Gasteiger partial charge in [-0.2, -0.15) is 28.1 Å². The zero-order chi connectivity index (χ0) is 60.3. The van der Waals surface area contributed by atoms with Crippen molar-refractivity contribution < 1.29 is 32.2 Å². The fraction of sp³-hybridized carbons (Fsp3) is 0.541. The van der Waals surface area contributed by atoms with Crippen molar-refractivity contribution in [3.05, 3.63) is 107 Å². The molecular weight excluding hydrogens is 1110 g/mol. The van der Waals surface area contributed by atoms with Crippen LogP contribution in [0.25, 0.3) is 0 Å². The number of aromatic nitrogens is 9. The van der Waals surface area contributed by atoms with E-state index in [0.717, 1.165) is 175 Å². The SMILES string of the molecule is CC.CCC(=O)N1CCC(c2cc(Nc3cc(C(F)(F)F)ccn3)nc(N3CCOCC3)n2)C1.Cc1ccnc(Nc2cc(C3CCCNC3)nc(N3CCOCC3)n2)c1.Cc1ccnc(Nc2cc(C3CCNCC3)nc(N3CCOCC3)n2)c1. The van der Waals surface area contributed by atoms with E-state index in [1.807, 2.05) is 67.2 Å². The van der Waals surface area contributed by atoms with Gasteiger partial charge in [-0.05, 0) is 113 Å². The third-order valence-corrected chi connectivity index (χ3v) is 15.5. The van der Waals surface area contributed by atoms with E-state index in [0.29, 0.717) is 69.4 Å². The number of anilines is 9. The number of nitrogens with zero attached hydrogens (tertiary/aromatic N) is 13. The van der Waals surface area contributed by atoms with E-state index in [-0.39, 0.29) is 17.6 Å². The molecule has 6 aromatic rings. The molecular formula is C61H83F3N18O4. The third kappa shape index (κ3) is 18.1. The summed E-state index contributed by atoms with van der Waals surface area (Å²) in [7, 11) is 0. The summed E-state index contributed by atoms with van der Waals surface area (Å²) in [5, 5.41) is 16.5. The first-order valence-electron chi connectivity index (χ1n) is 30.4. The Hall–Kier alpha value is -7.45. The number of ether oxygens (including phenoxy) is 3. The van der Waals surface area contributed by atoms with Crippen LogP contribution in [0.3, 0.4) is 0 Å². The van der Waals surface area contributed by atoms with Gasteiger partial charge in [-0.3, -0.25) is 4.79 Å². The van der Waals surface area contributed by atoms with E-state index < -0.39 is 11.7 Å². The van der Waals surface area contributed by atoms with Crippen molar-refractivity contribution in [1.82, 2.24) is 60.4 Å². The van der Waals surface area contributed by atoms with Gasteiger partial charge in [0.05, 0.1) is 62.3 Å². The van der Waals surface area contributed by atoms with E-state index >= 15 is 0 Å². The Morgan fingerprint density at radius 1 is 0.535 bits per heavy atom. The summed E-state index contributed by atoms with van der Waals surface area (Å²) in [4.78, 5) is 61.7. The van der Waals surface area contributed by atoms with Crippen molar-refractivity contribution in [2.75, 3.05) is 149 Å². The number of amides is 1. The molecule has 12 rings (SSSR count). The highest BCUT2D eigenvalue weighted by molar-refractivity contribution is 5.76. The molecule has 6 aliphatic rings. The largest absolute Gasteiger partial charge is 0.416 e. The van der Waals surface area contributed by atoms with Gasteiger partial charge >= 0.3 is 6.18 Å². The van der Waals surface area contributed by atoms with Crippen molar-refractivity contribution in [2.45, 2.75) is 97.1 Å². The highest BCUT2D eigenvalue weighted by atomic mass is 19.4. The summed E-state index contributed by atoms with van der Waals surface area (Å²) in [6.45, 7) is 23.9. The summed E-state index contributed by atoms with van der Waals surface area (Å²) >= 11 is 0. The zero-order valence-corrected chi connectivity index (χ0v) is 50.2. The Labute approximate surface area is 502 Å². The first kappa shape index (κ1) is 63.1. The van der Waals surface area contributed by atoms with E-state index in [9.17, 15) is 18.0 Å². The second kappa shape index (κ2) is 31.3. The number of hydrogen-bond donors (Lipinski definition) is 5. The van der Waals surface area contributed by atoms with Crippen LogP contribution < -0.4 is 41.3 Å². The van der Waals surface area contributed by atoms with Crippen molar-refractivity contribution >= 4 is 58.7 Å². The molecule has 6 fully saturated rings. The molecule has 2 unspecified atom stereocenters. The number of nitrogens with one attached hydrogen (secondary N) is 5. The van der Waals surface area contributed by atoms with E-state index in [1.165, 1.54) is 17.5 Å². The van der Waals surface area contributed by atoms with E-state index in [4.69, 9.17) is 39.1 Å². The second-order valence-electron chi connectivity index (χ2n) is 21.7. The molecule has 462 valence electrons. The number of alkyl halides is 3. The lowest BCUT2D eigenvalue weighted by Crippen LogP contribution is -2.38. The Morgan fingerprint density at radius 3 is 1.41 bits per heavy atom. The number of likely N-dealkylation sites (tertiary alicyclic amines) is 1. The fourth-order valence-electron chi connectivity index (χ4n) is 10.8. The van der Waals surface area contributed by atoms with Crippen molar-refractivity contribution in [2.24, 2.45) is 0 Å². The van der Waals surface area contributed by atoms with Gasteiger partial charge in [-0.25, -0.2) is 29.9 Å². The molecule has 22 nitrogen and oxygen atoms in total. The molecule has 2 atom stereocenters. The van der Waals surface area contributed by atoms with Crippen molar-refractivity contribution in [3.63, 3.8) is 0 Å². The average Bonchev–Trinajstić information content (AvgIpc) is 3.94. The van der Waals surface area contributed by atoms with Gasteiger partial charge in [-0.15, -0.1) is 0 Å². The lowest BCUT2D eigenvalue weighted by Gasteiger charge is -2.29. The number of piperidine rings is 2. The van der Waals surface area contributed by atoms with Gasteiger partial charge < -0.3 is 60.4 Å². The van der Waals surface area contributed by atoms with Crippen LogP contribution in [0.15, 0.2) is 73.2 Å². The molecule has 0 bridgehead atoms. The number of rotatable bonds is 13. The maximum absolute atomic E-state index is 13.1. The molecule has 0 aromatic carbocycles. The number of hydrogen-bond acceptors (Lipinski definition) is 21. The Morgan fingerprint density at radius 2 is 0.977 bits per heavy atom. The lowest BCUT2D eigenvalue weighted by molar-refractivity contribution is -0.137. The molecule has 25 heteroatoms. The number of halogens is 3. The molecule has 5 N–H and O–H groups in total. The average molecular weight is 1190 g/mol. The van der Waals surface area contributed by atoms with Crippen molar-refractivity contribution in [1.29, 1.82) is 0 Å². The monoisotopic (exact) mass is 1190 g/mol. The summed E-state index contributed by atoms with van der Waals surface area (Å²) < 4.78 is 55.6. The molecule has 6 aliphatic heterocycles. The maximum atomic E-state index is 13.1. The van der Waals surface area contributed by atoms with Crippen LogP contribution in [-0.2, 0) is 25.2 Å². The van der Waals surface area contributed by atoms with E-state index in [2.05, 4.69) is 82.3 Å². The molecule has 0 radical (unpaired) electrons. The van der Waals surface area contributed by atoms with E-state index in [1.54, 1.807) is 6.07 Å². The first-order chi connectivity index (χ1) is 41.9. The highest BCUT2D eigenvalue weighted by Gasteiger charge is 2.32. The number of pyridine rings is 3. The first-order valence-corrected chi connectivity index (χ1v) is 30.4. The minimum atomic E-state index is -4.46. The van der Waals surface area contributed by atoms with Gasteiger partial charge in [0.1, 0.15) is 34.9 Å². The van der Waals surface area contributed by atoms with Crippen molar-refractivity contribution in [3.8, 4) is 0 Å². The number of carbonyl (C=O) groups excluding carboxylic acids is 1. The molecule has 1 amide bonds. The summed E-state index contributed by atoms with van der Waals surface area (Å²) in [5.41, 5.74) is 4.52. The maximum Gasteiger partial charge on any atom is 0.416 e. The van der Waals surface area contributed by atoms with Crippen LogP contribution in [0.4, 0.5) is 65.9 Å². The molecule has 86 heavy (non-hydrogen) atoms. The standard InChI is InChI=1S/C21H25F3N6O2.2C19H26N6O.C2H6/c1-2-19(31)30-6-4-14(13-30)16-12-18(28-20(26-16)29-7-9-32-10-8-29)27-17-11-15(3-5-25-17)21(22,23)24;1-14-2-7-21-17(12-14)23-18-13-16(15-3-5-20-6-4-15)22-19(24-18)25-8-10-26-11-9-25;1-14-4-6-21-17(11-14)23-18-12-16(15-3-2-5-20-13-15)22-19(24-18)25-7-9-26-10-8-25;1-2/h3,5,11-12,14H,2,4,6-10,13H2,1H3,(H,25,26,27,28);2,7,12-13,15,20H,3-6,8-11H2,1H3,(H,21,22,23,24);4,6,11-12,15,20H,2-3,5,7-10,13H2,1H3,(H,21,22,23,24);1-2H3. The van der Waals surface area contributed by atoms with Crippen LogP contribution >= 0.6 is 0 Å². The Kier molecular flexibility index (Phi) is 22.9. The Bertz CT molecular complexity index is 2900. The van der Waals surface area contributed by atoms with Gasteiger partial charge in [0.2, 0.25) is 23.8 Å². The van der Waals surface area contributed by atoms with Gasteiger partial charge in [0.15, 0.2) is 0 Å². The number of aryl methyl sites for hydroxylation is 2.